The molecule has 2 aromatic rings. The van der Waals surface area contributed by atoms with Crippen molar-refractivity contribution in [2.24, 2.45) is 0 Å². The summed E-state index contributed by atoms with van der Waals surface area (Å²) in [6.45, 7) is 5.33. The van der Waals surface area contributed by atoms with Crippen molar-refractivity contribution in [3.8, 4) is 0 Å². The minimum atomic E-state index is -0.483. The Morgan fingerprint density at radius 2 is 2.00 bits per heavy atom. The number of hydrogen-bond donors (Lipinski definition) is 2. The van der Waals surface area contributed by atoms with Crippen LogP contribution in [0, 0.1) is 13.8 Å². The highest BCUT2D eigenvalue weighted by Crippen LogP contribution is 2.16. The fourth-order valence-electron chi connectivity index (χ4n) is 1.93. The summed E-state index contributed by atoms with van der Waals surface area (Å²) in [5.41, 5.74) is 4.39. The molecule has 100 valence electrons. The lowest BCUT2D eigenvalue weighted by molar-refractivity contribution is 0.174. The summed E-state index contributed by atoms with van der Waals surface area (Å²) in [7, 11) is 0. The molecule has 0 amide bonds. The third-order valence-corrected chi connectivity index (χ3v) is 3.29. The second kappa shape index (κ2) is 6.45. The maximum atomic E-state index is 10.1. The second-order valence-corrected chi connectivity index (χ2v) is 4.81. The van der Waals surface area contributed by atoms with Crippen LogP contribution in [-0.4, -0.2) is 16.6 Å². The smallest absolute Gasteiger partial charge is 0.0914 e. The highest BCUT2D eigenvalue weighted by Gasteiger charge is 2.07. The molecule has 0 spiro atoms. The minimum Gasteiger partial charge on any atom is -0.387 e. The number of aromatic nitrogens is 1. The topological polar surface area (TPSA) is 45.1 Å². The van der Waals surface area contributed by atoms with Gasteiger partial charge in [-0.2, -0.15) is 0 Å². The molecule has 3 heteroatoms. The number of pyridine rings is 1. The largest absolute Gasteiger partial charge is 0.387 e. The Hall–Kier alpha value is -1.71. The zero-order valence-corrected chi connectivity index (χ0v) is 11.4. The van der Waals surface area contributed by atoms with E-state index in [1.165, 1.54) is 11.1 Å². The number of rotatable bonds is 5. The molecule has 1 atom stereocenters. The van der Waals surface area contributed by atoms with Crippen molar-refractivity contribution in [3.05, 3.63) is 65.0 Å². The molecule has 0 fully saturated rings. The molecule has 0 bridgehead atoms. The van der Waals surface area contributed by atoms with Gasteiger partial charge in [0.25, 0.3) is 0 Å². The van der Waals surface area contributed by atoms with Gasteiger partial charge in [0, 0.05) is 19.3 Å². The molecule has 1 aromatic carbocycles. The quantitative estimate of drug-likeness (QED) is 0.864. The predicted molar refractivity (Wildman–Crippen MR) is 76.8 cm³/mol. The van der Waals surface area contributed by atoms with E-state index in [-0.39, 0.29) is 0 Å². The molecule has 1 heterocycles. The first kappa shape index (κ1) is 13.7. The summed E-state index contributed by atoms with van der Waals surface area (Å²) in [5.74, 6) is 0. The molecule has 1 unspecified atom stereocenters. The predicted octanol–water partition coefficient (Wildman–Crippen LogP) is 2.52. The van der Waals surface area contributed by atoms with E-state index in [1.54, 1.807) is 6.20 Å². The van der Waals surface area contributed by atoms with E-state index >= 15 is 0 Å². The van der Waals surface area contributed by atoms with E-state index in [2.05, 4.69) is 24.1 Å². The van der Waals surface area contributed by atoms with Gasteiger partial charge < -0.3 is 10.4 Å². The summed E-state index contributed by atoms with van der Waals surface area (Å²) < 4.78 is 0. The third kappa shape index (κ3) is 3.88. The number of aliphatic hydroxyl groups is 1. The van der Waals surface area contributed by atoms with Crippen molar-refractivity contribution in [2.75, 3.05) is 6.54 Å². The van der Waals surface area contributed by atoms with Crippen molar-refractivity contribution >= 4 is 0 Å². The lowest BCUT2D eigenvalue weighted by Gasteiger charge is -2.13. The van der Waals surface area contributed by atoms with Crippen LogP contribution in [0.2, 0.25) is 0 Å². The molecule has 0 aliphatic carbocycles. The Morgan fingerprint density at radius 1 is 1.16 bits per heavy atom. The Labute approximate surface area is 114 Å². The van der Waals surface area contributed by atoms with E-state index in [0.29, 0.717) is 13.1 Å². The van der Waals surface area contributed by atoms with Gasteiger partial charge in [0.1, 0.15) is 0 Å². The van der Waals surface area contributed by atoms with Crippen molar-refractivity contribution < 1.29 is 5.11 Å². The molecular weight excluding hydrogens is 236 g/mol. The molecule has 19 heavy (non-hydrogen) atoms. The summed E-state index contributed by atoms with van der Waals surface area (Å²) in [6, 6.07) is 11.9. The Kier molecular flexibility index (Phi) is 4.66. The molecule has 0 saturated carbocycles. The van der Waals surface area contributed by atoms with E-state index in [4.69, 9.17) is 0 Å². The molecular formula is C16H20N2O. The molecule has 0 saturated heterocycles. The van der Waals surface area contributed by atoms with E-state index in [9.17, 15) is 5.11 Å². The van der Waals surface area contributed by atoms with E-state index in [0.717, 1.165) is 11.3 Å². The van der Waals surface area contributed by atoms with Gasteiger partial charge >= 0.3 is 0 Å². The second-order valence-electron chi connectivity index (χ2n) is 4.81. The highest BCUT2D eigenvalue weighted by atomic mass is 16.3. The molecule has 0 aliphatic rings. The molecule has 2 rings (SSSR count). The molecule has 0 aliphatic heterocycles. The molecule has 2 N–H and O–H groups in total. The highest BCUT2D eigenvalue weighted by molar-refractivity contribution is 5.31. The van der Waals surface area contributed by atoms with Gasteiger partial charge in [-0.3, -0.25) is 4.98 Å². The normalized spacial score (nSPS) is 12.4. The average Bonchev–Trinajstić information content (AvgIpc) is 2.43. The number of aliphatic hydroxyl groups excluding tert-OH is 1. The number of benzene rings is 1. The number of hydrogen-bond acceptors (Lipinski definition) is 3. The first-order valence-corrected chi connectivity index (χ1v) is 6.52. The first-order chi connectivity index (χ1) is 9.16. The molecule has 1 aromatic heterocycles. The molecule has 3 nitrogen and oxygen atoms in total. The number of aryl methyl sites for hydroxylation is 2. The van der Waals surface area contributed by atoms with Crippen LogP contribution in [0.3, 0.4) is 0 Å². The maximum absolute atomic E-state index is 10.1. The monoisotopic (exact) mass is 256 g/mol. The van der Waals surface area contributed by atoms with Crippen molar-refractivity contribution in [1.29, 1.82) is 0 Å². The van der Waals surface area contributed by atoms with Crippen LogP contribution in [0.5, 0.6) is 0 Å². The van der Waals surface area contributed by atoms with Gasteiger partial charge in [-0.15, -0.1) is 0 Å². The Balaban J connectivity index is 1.87. The van der Waals surface area contributed by atoms with Crippen LogP contribution in [0.4, 0.5) is 0 Å². The van der Waals surface area contributed by atoms with Gasteiger partial charge in [-0.1, -0.05) is 24.3 Å². The minimum absolute atomic E-state index is 0.483. The number of nitrogens with zero attached hydrogens (tertiary/aromatic N) is 1. The zero-order valence-electron chi connectivity index (χ0n) is 11.4. The fraction of sp³-hybridized carbons (Fsp3) is 0.312. The summed E-state index contributed by atoms with van der Waals surface area (Å²) in [6.07, 6.45) is 1.29. The van der Waals surface area contributed by atoms with Crippen molar-refractivity contribution in [1.82, 2.24) is 10.3 Å². The lowest BCUT2D eigenvalue weighted by atomic mass is 10.0. The first-order valence-electron chi connectivity index (χ1n) is 6.52. The van der Waals surface area contributed by atoms with Gasteiger partial charge in [-0.05, 0) is 42.7 Å². The van der Waals surface area contributed by atoms with Crippen LogP contribution < -0.4 is 5.32 Å². The standard InChI is InChI=1S/C16H20N2O/c1-12-6-7-14(9-13(12)2)16(19)11-17-10-15-5-3-4-8-18-15/h3-9,16-17,19H,10-11H2,1-2H3. The Morgan fingerprint density at radius 3 is 2.68 bits per heavy atom. The summed E-state index contributed by atoms with van der Waals surface area (Å²) >= 11 is 0. The van der Waals surface area contributed by atoms with Crippen LogP contribution in [-0.2, 0) is 6.54 Å². The third-order valence-electron chi connectivity index (χ3n) is 3.29. The van der Waals surface area contributed by atoms with Crippen molar-refractivity contribution in [2.45, 2.75) is 26.5 Å². The Bertz CT molecular complexity index is 526. The van der Waals surface area contributed by atoms with Crippen LogP contribution in [0.15, 0.2) is 42.6 Å². The van der Waals surface area contributed by atoms with E-state index in [1.807, 2.05) is 36.4 Å². The summed E-state index contributed by atoms with van der Waals surface area (Å²) in [4.78, 5) is 4.23. The van der Waals surface area contributed by atoms with Gasteiger partial charge in [-0.25, -0.2) is 0 Å². The van der Waals surface area contributed by atoms with Crippen LogP contribution in [0.1, 0.15) is 28.5 Å². The fourth-order valence-corrected chi connectivity index (χ4v) is 1.93. The summed E-state index contributed by atoms with van der Waals surface area (Å²) in [5, 5.41) is 13.4. The van der Waals surface area contributed by atoms with Crippen LogP contribution >= 0.6 is 0 Å². The number of nitrogens with one attached hydrogen (secondary N) is 1. The van der Waals surface area contributed by atoms with Gasteiger partial charge in [0.05, 0.1) is 11.8 Å². The lowest BCUT2D eigenvalue weighted by Crippen LogP contribution is -2.21. The SMILES string of the molecule is Cc1ccc(C(O)CNCc2ccccn2)cc1C. The van der Waals surface area contributed by atoms with Gasteiger partial charge in [0.2, 0.25) is 0 Å². The average molecular weight is 256 g/mol. The zero-order chi connectivity index (χ0) is 13.7. The van der Waals surface area contributed by atoms with Crippen LogP contribution in [0.25, 0.3) is 0 Å². The van der Waals surface area contributed by atoms with Gasteiger partial charge in [0.15, 0.2) is 0 Å². The van der Waals surface area contributed by atoms with E-state index < -0.39 is 6.10 Å². The van der Waals surface area contributed by atoms with Crippen molar-refractivity contribution in [3.63, 3.8) is 0 Å². The molecule has 0 radical (unpaired) electrons. The maximum Gasteiger partial charge on any atom is 0.0914 e.